The highest BCUT2D eigenvalue weighted by atomic mass is 19.4. The van der Waals surface area contributed by atoms with E-state index >= 15 is 0 Å². The molecule has 0 saturated heterocycles. The number of nitriles is 3. The van der Waals surface area contributed by atoms with Crippen LogP contribution in [0.25, 0.3) is 0 Å². The molecule has 0 radical (unpaired) electrons. The lowest BCUT2D eigenvalue weighted by Gasteiger charge is -2.10. The number of alkyl halides is 3. The first-order valence-electron chi connectivity index (χ1n) is 5.97. The Morgan fingerprint density at radius 3 is 2.30 bits per heavy atom. The number of carbonyl (C=O) groups excluding carboxylic acids is 1. The van der Waals surface area contributed by atoms with E-state index in [0.717, 1.165) is 0 Å². The number of hydrogen-bond donors (Lipinski definition) is 2. The fraction of sp³-hybridized carbons (Fsp3) is 0.143. The lowest BCUT2D eigenvalue weighted by atomic mass is 10.1. The third kappa shape index (κ3) is 5.41. The molecular formula is C14H8F3N5O. The smallest absolute Gasteiger partial charge is 0.345 e. The largest absolute Gasteiger partial charge is 0.405 e. The highest BCUT2D eigenvalue weighted by molar-refractivity contribution is 5.95. The molecule has 1 rings (SSSR count). The number of nitrogens with one attached hydrogen (secondary N) is 2. The third-order valence-corrected chi connectivity index (χ3v) is 2.43. The van der Waals surface area contributed by atoms with Crippen molar-refractivity contribution in [2.24, 2.45) is 0 Å². The van der Waals surface area contributed by atoms with Gasteiger partial charge in [0, 0.05) is 11.3 Å². The summed E-state index contributed by atoms with van der Waals surface area (Å²) in [5.41, 5.74) is -0.696. The second-order valence-electron chi connectivity index (χ2n) is 4.09. The molecule has 1 aromatic rings. The Morgan fingerprint density at radius 2 is 1.78 bits per heavy atom. The minimum absolute atomic E-state index is 0.0768. The SMILES string of the molecule is N#CC(C#N)=C(C#N)Nc1cccc(C(=O)NCC(F)(F)F)c1. The number of carbonyl (C=O) groups is 1. The van der Waals surface area contributed by atoms with E-state index in [1.807, 2.05) is 0 Å². The molecule has 0 aromatic heterocycles. The van der Waals surface area contributed by atoms with Crippen LogP contribution in [0.1, 0.15) is 10.4 Å². The van der Waals surface area contributed by atoms with Crippen molar-refractivity contribution in [1.82, 2.24) is 5.32 Å². The van der Waals surface area contributed by atoms with Crippen LogP contribution in [-0.2, 0) is 0 Å². The fourth-order valence-corrected chi connectivity index (χ4v) is 1.45. The van der Waals surface area contributed by atoms with Gasteiger partial charge in [-0.2, -0.15) is 29.0 Å². The van der Waals surface area contributed by atoms with Crippen LogP contribution in [-0.4, -0.2) is 18.6 Å². The van der Waals surface area contributed by atoms with E-state index in [4.69, 9.17) is 15.8 Å². The highest BCUT2D eigenvalue weighted by Gasteiger charge is 2.27. The quantitative estimate of drug-likeness (QED) is 0.826. The maximum absolute atomic E-state index is 12.1. The molecule has 0 bridgehead atoms. The first kappa shape index (κ1) is 17.5. The molecule has 116 valence electrons. The monoisotopic (exact) mass is 319 g/mol. The van der Waals surface area contributed by atoms with Gasteiger partial charge in [0.2, 0.25) is 0 Å². The summed E-state index contributed by atoms with van der Waals surface area (Å²) in [6.45, 7) is -1.47. The van der Waals surface area contributed by atoms with E-state index in [0.29, 0.717) is 0 Å². The Hall–Kier alpha value is -3.51. The zero-order chi connectivity index (χ0) is 17.5. The zero-order valence-electron chi connectivity index (χ0n) is 11.4. The number of amides is 1. The molecule has 0 spiro atoms. The molecule has 2 N–H and O–H groups in total. The van der Waals surface area contributed by atoms with Gasteiger partial charge in [-0.15, -0.1) is 0 Å². The Bertz CT molecular complexity index is 746. The topological polar surface area (TPSA) is 112 Å². The number of hydrogen-bond acceptors (Lipinski definition) is 5. The normalized spacial score (nSPS) is 9.74. The molecule has 9 heteroatoms. The average molecular weight is 319 g/mol. The first-order valence-corrected chi connectivity index (χ1v) is 5.97. The molecular weight excluding hydrogens is 311 g/mol. The predicted octanol–water partition coefficient (Wildman–Crippen LogP) is 2.22. The molecule has 23 heavy (non-hydrogen) atoms. The van der Waals surface area contributed by atoms with E-state index in [9.17, 15) is 18.0 Å². The third-order valence-electron chi connectivity index (χ3n) is 2.43. The fourth-order valence-electron chi connectivity index (χ4n) is 1.45. The van der Waals surface area contributed by atoms with Crippen molar-refractivity contribution in [3.05, 3.63) is 41.1 Å². The molecule has 0 aliphatic heterocycles. The van der Waals surface area contributed by atoms with Crippen LogP contribution < -0.4 is 10.6 Å². The average Bonchev–Trinajstić information content (AvgIpc) is 2.52. The Morgan fingerprint density at radius 1 is 1.13 bits per heavy atom. The summed E-state index contributed by atoms with van der Waals surface area (Å²) in [5, 5.41) is 30.5. The van der Waals surface area contributed by atoms with Crippen molar-refractivity contribution in [3.63, 3.8) is 0 Å². The summed E-state index contributed by atoms with van der Waals surface area (Å²) in [4.78, 5) is 11.6. The van der Waals surface area contributed by atoms with Crippen molar-refractivity contribution < 1.29 is 18.0 Å². The van der Waals surface area contributed by atoms with Crippen LogP contribution >= 0.6 is 0 Å². The number of rotatable bonds is 4. The predicted molar refractivity (Wildman–Crippen MR) is 72.3 cm³/mol. The lowest BCUT2D eigenvalue weighted by molar-refractivity contribution is -0.123. The maximum atomic E-state index is 12.1. The van der Waals surface area contributed by atoms with E-state index in [1.54, 1.807) is 11.4 Å². The summed E-state index contributed by atoms with van der Waals surface area (Å²) < 4.78 is 36.2. The molecule has 0 aliphatic carbocycles. The van der Waals surface area contributed by atoms with Crippen LogP contribution in [0.5, 0.6) is 0 Å². The molecule has 1 amide bonds. The van der Waals surface area contributed by atoms with Crippen LogP contribution in [0.15, 0.2) is 35.5 Å². The van der Waals surface area contributed by atoms with Crippen LogP contribution in [0.2, 0.25) is 0 Å². The van der Waals surface area contributed by atoms with Gasteiger partial charge >= 0.3 is 6.18 Å². The van der Waals surface area contributed by atoms with Crippen LogP contribution in [0, 0.1) is 34.0 Å². The minimum Gasteiger partial charge on any atom is -0.345 e. The molecule has 1 aromatic carbocycles. The van der Waals surface area contributed by atoms with Gasteiger partial charge in [-0.05, 0) is 18.2 Å². The summed E-state index contributed by atoms with van der Waals surface area (Å²) in [7, 11) is 0. The van der Waals surface area contributed by atoms with E-state index in [-0.39, 0.29) is 16.9 Å². The second kappa shape index (κ2) is 7.48. The first-order chi connectivity index (χ1) is 10.8. The van der Waals surface area contributed by atoms with Gasteiger partial charge in [-0.25, -0.2) is 0 Å². The van der Waals surface area contributed by atoms with Crippen LogP contribution in [0.4, 0.5) is 18.9 Å². The van der Waals surface area contributed by atoms with E-state index in [2.05, 4.69) is 5.32 Å². The highest BCUT2D eigenvalue weighted by Crippen LogP contribution is 2.16. The van der Waals surface area contributed by atoms with Crippen molar-refractivity contribution in [3.8, 4) is 18.2 Å². The summed E-state index contributed by atoms with van der Waals surface area (Å²) >= 11 is 0. The Balaban J connectivity index is 2.96. The molecule has 0 aliphatic rings. The summed E-state index contributed by atoms with van der Waals surface area (Å²) in [6.07, 6.45) is -4.53. The number of anilines is 1. The number of halogens is 3. The molecule has 6 nitrogen and oxygen atoms in total. The minimum atomic E-state index is -4.53. The van der Waals surface area contributed by atoms with Gasteiger partial charge in [-0.1, -0.05) is 6.07 Å². The van der Waals surface area contributed by atoms with Crippen molar-refractivity contribution in [2.45, 2.75) is 6.18 Å². The standard InChI is InChI=1S/C14H8F3N5O/c15-14(16,17)8-21-13(23)9-2-1-3-11(4-9)22-12(7-20)10(5-18)6-19/h1-4,22H,8H2,(H,21,23). The van der Waals surface area contributed by atoms with Gasteiger partial charge in [-0.3, -0.25) is 4.79 Å². The number of nitrogens with zero attached hydrogens (tertiary/aromatic N) is 3. The molecule has 0 fully saturated rings. The molecule has 0 unspecified atom stereocenters. The number of allylic oxidation sites excluding steroid dienone is 2. The van der Waals surface area contributed by atoms with Gasteiger partial charge in [0.25, 0.3) is 5.91 Å². The molecule has 0 heterocycles. The van der Waals surface area contributed by atoms with Gasteiger partial charge in [0.05, 0.1) is 0 Å². The summed E-state index contributed by atoms with van der Waals surface area (Å²) in [6, 6.07) is 9.94. The molecule has 0 saturated carbocycles. The maximum Gasteiger partial charge on any atom is 0.405 e. The van der Waals surface area contributed by atoms with Crippen molar-refractivity contribution in [2.75, 3.05) is 11.9 Å². The number of benzene rings is 1. The van der Waals surface area contributed by atoms with Crippen molar-refractivity contribution in [1.29, 1.82) is 15.8 Å². The van der Waals surface area contributed by atoms with Gasteiger partial charge in [0.15, 0.2) is 5.57 Å². The van der Waals surface area contributed by atoms with Crippen molar-refractivity contribution >= 4 is 11.6 Å². The Kier molecular flexibility index (Phi) is 5.71. The van der Waals surface area contributed by atoms with Gasteiger partial charge in [0.1, 0.15) is 30.4 Å². The molecule has 0 atom stereocenters. The summed E-state index contributed by atoms with van der Waals surface area (Å²) in [5.74, 6) is -0.950. The van der Waals surface area contributed by atoms with E-state index in [1.165, 1.54) is 36.4 Å². The Labute approximate surface area is 129 Å². The lowest BCUT2D eigenvalue weighted by Crippen LogP contribution is -2.33. The van der Waals surface area contributed by atoms with Crippen LogP contribution in [0.3, 0.4) is 0 Å². The zero-order valence-corrected chi connectivity index (χ0v) is 11.4. The second-order valence-corrected chi connectivity index (χ2v) is 4.09. The van der Waals surface area contributed by atoms with Gasteiger partial charge < -0.3 is 10.6 Å². The van der Waals surface area contributed by atoms with E-state index < -0.39 is 24.2 Å².